The van der Waals surface area contributed by atoms with Crippen molar-refractivity contribution < 1.29 is 4.74 Å². The number of benzene rings is 1. The maximum absolute atomic E-state index is 5.62. The molecular formula is C13H20N2OS. The molecule has 1 aromatic rings. The van der Waals surface area contributed by atoms with Gasteiger partial charge in [-0.15, -0.1) is 0 Å². The Morgan fingerprint density at radius 1 is 1.53 bits per heavy atom. The highest BCUT2D eigenvalue weighted by Crippen LogP contribution is 2.15. The van der Waals surface area contributed by atoms with E-state index in [1.807, 2.05) is 19.1 Å². The Hall–Kier alpha value is -1.13. The zero-order chi connectivity index (χ0) is 12.8. The van der Waals surface area contributed by atoms with Crippen molar-refractivity contribution in [2.75, 3.05) is 25.6 Å². The zero-order valence-electron chi connectivity index (χ0n) is 10.6. The van der Waals surface area contributed by atoms with Gasteiger partial charge in [0, 0.05) is 24.9 Å². The minimum atomic E-state index is 0.446. The van der Waals surface area contributed by atoms with Crippen LogP contribution >= 0.6 is 12.2 Å². The number of aryl methyl sites for hydroxylation is 1. The Balaban J connectivity index is 2.62. The van der Waals surface area contributed by atoms with Gasteiger partial charge in [-0.25, -0.2) is 0 Å². The molecule has 1 unspecified atom stereocenters. The Kier molecular flexibility index (Phi) is 5.38. The molecule has 0 bridgehead atoms. The lowest BCUT2D eigenvalue weighted by Crippen LogP contribution is -2.16. The standard InChI is InChI=1S/C13H20N2OS/c1-9(8-16-3)7-15-11-4-5-12(13(14)17)10(2)6-11/h4-6,9,15H,7-8H2,1-3H3,(H2,14,17). The molecule has 0 aromatic heterocycles. The van der Waals surface area contributed by atoms with Gasteiger partial charge in [-0.3, -0.25) is 0 Å². The summed E-state index contributed by atoms with van der Waals surface area (Å²) in [7, 11) is 1.72. The Morgan fingerprint density at radius 3 is 2.76 bits per heavy atom. The highest BCUT2D eigenvalue weighted by Gasteiger charge is 2.04. The number of rotatable bonds is 6. The van der Waals surface area contributed by atoms with Crippen molar-refractivity contribution in [3.8, 4) is 0 Å². The fraction of sp³-hybridized carbons (Fsp3) is 0.462. The first-order valence-electron chi connectivity index (χ1n) is 5.68. The van der Waals surface area contributed by atoms with Gasteiger partial charge in [-0.2, -0.15) is 0 Å². The van der Waals surface area contributed by atoms with Crippen molar-refractivity contribution in [3.63, 3.8) is 0 Å². The van der Waals surface area contributed by atoms with Gasteiger partial charge in [0.2, 0.25) is 0 Å². The normalized spacial score (nSPS) is 12.2. The minimum absolute atomic E-state index is 0.446. The van der Waals surface area contributed by atoms with Crippen LogP contribution in [0.4, 0.5) is 5.69 Å². The van der Waals surface area contributed by atoms with E-state index < -0.39 is 0 Å². The maximum atomic E-state index is 5.62. The van der Waals surface area contributed by atoms with Crippen LogP contribution < -0.4 is 11.1 Å². The molecule has 3 N–H and O–H groups in total. The van der Waals surface area contributed by atoms with Crippen LogP contribution in [0.1, 0.15) is 18.1 Å². The van der Waals surface area contributed by atoms with Crippen molar-refractivity contribution in [1.29, 1.82) is 0 Å². The molecule has 0 heterocycles. The molecule has 0 saturated carbocycles. The first-order valence-corrected chi connectivity index (χ1v) is 6.08. The van der Waals surface area contributed by atoms with Gasteiger partial charge in [-0.1, -0.05) is 19.1 Å². The lowest BCUT2D eigenvalue weighted by atomic mass is 10.1. The number of hydrogen-bond acceptors (Lipinski definition) is 3. The second-order valence-corrected chi connectivity index (χ2v) is 4.78. The molecule has 0 saturated heterocycles. The van der Waals surface area contributed by atoms with Crippen molar-refractivity contribution in [3.05, 3.63) is 29.3 Å². The third kappa shape index (κ3) is 4.32. The van der Waals surface area contributed by atoms with Gasteiger partial charge in [0.25, 0.3) is 0 Å². The third-order valence-electron chi connectivity index (χ3n) is 2.60. The summed E-state index contributed by atoms with van der Waals surface area (Å²) in [5.74, 6) is 0.482. The molecule has 0 aliphatic carbocycles. The SMILES string of the molecule is COCC(C)CNc1ccc(C(N)=S)c(C)c1. The first-order chi connectivity index (χ1) is 8.04. The monoisotopic (exact) mass is 252 g/mol. The number of nitrogens with two attached hydrogens (primary N) is 1. The summed E-state index contributed by atoms with van der Waals surface area (Å²) in [6, 6.07) is 6.02. The average molecular weight is 252 g/mol. The van der Waals surface area contributed by atoms with E-state index in [9.17, 15) is 0 Å². The van der Waals surface area contributed by atoms with Crippen LogP contribution in [0.2, 0.25) is 0 Å². The molecule has 1 atom stereocenters. The van der Waals surface area contributed by atoms with E-state index in [-0.39, 0.29) is 0 Å². The Labute approximate surface area is 108 Å². The summed E-state index contributed by atoms with van der Waals surface area (Å²) >= 11 is 4.97. The summed E-state index contributed by atoms with van der Waals surface area (Å²) in [6.45, 7) is 5.81. The number of nitrogens with one attached hydrogen (secondary N) is 1. The van der Waals surface area contributed by atoms with Crippen LogP contribution in [0.5, 0.6) is 0 Å². The van der Waals surface area contributed by atoms with Crippen LogP contribution in [0.3, 0.4) is 0 Å². The molecule has 0 aliphatic heterocycles. The van der Waals surface area contributed by atoms with E-state index >= 15 is 0 Å². The van der Waals surface area contributed by atoms with Crippen LogP contribution in [-0.4, -0.2) is 25.2 Å². The summed E-state index contributed by atoms with van der Waals surface area (Å²) in [6.07, 6.45) is 0. The quantitative estimate of drug-likeness (QED) is 0.763. The lowest BCUT2D eigenvalue weighted by molar-refractivity contribution is 0.164. The molecule has 0 radical (unpaired) electrons. The van der Waals surface area contributed by atoms with Crippen molar-refractivity contribution >= 4 is 22.9 Å². The van der Waals surface area contributed by atoms with Crippen LogP contribution in [0, 0.1) is 12.8 Å². The van der Waals surface area contributed by atoms with Crippen LogP contribution in [0.25, 0.3) is 0 Å². The predicted molar refractivity (Wildman–Crippen MR) is 76.6 cm³/mol. The fourth-order valence-electron chi connectivity index (χ4n) is 1.69. The molecule has 0 spiro atoms. The second kappa shape index (κ2) is 6.57. The number of hydrogen-bond donors (Lipinski definition) is 2. The van der Waals surface area contributed by atoms with E-state index in [0.717, 1.165) is 30.0 Å². The molecule has 4 heteroatoms. The maximum Gasteiger partial charge on any atom is 0.104 e. The van der Waals surface area contributed by atoms with E-state index in [0.29, 0.717) is 10.9 Å². The number of methoxy groups -OCH3 is 1. The second-order valence-electron chi connectivity index (χ2n) is 4.34. The van der Waals surface area contributed by atoms with Gasteiger partial charge >= 0.3 is 0 Å². The van der Waals surface area contributed by atoms with Crippen molar-refractivity contribution in [2.45, 2.75) is 13.8 Å². The molecule has 0 aliphatic rings. The van der Waals surface area contributed by atoms with Crippen molar-refractivity contribution in [2.24, 2.45) is 11.7 Å². The van der Waals surface area contributed by atoms with Gasteiger partial charge in [0.15, 0.2) is 0 Å². The van der Waals surface area contributed by atoms with Gasteiger partial charge in [-0.05, 0) is 36.6 Å². The van der Waals surface area contributed by atoms with E-state index in [4.69, 9.17) is 22.7 Å². The lowest BCUT2D eigenvalue weighted by Gasteiger charge is -2.14. The van der Waals surface area contributed by atoms with Crippen molar-refractivity contribution in [1.82, 2.24) is 0 Å². The predicted octanol–water partition coefficient (Wildman–Crippen LogP) is 2.32. The molecule has 17 heavy (non-hydrogen) atoms. The number of ether oxygens (including phenoxy) is 1. The molecular weight excluding hydrogens is 232 g/mol. The number of anilines is 1. The van der Waals surface area contributed by atoms with Gasteiger partial charge in [0.1, 0.15) is 4.99 Å². The van der Waals surface area contributed by atoms with Crippen LogP contribution in [0.15, 0.2) is 18.2 Å². The Bertz CT molecular complexity index is 393. The molecule has 3 nitrogen and oxygen atoms in total. The molecule has 0 fully saturated rings. The third-order valence-corrected chi connectivity index (χ3v) is 2.82. The van der Waals surface area contributed by atoms with E-state index in [2.05, 4.69) is 18.3 Å². The zero-order valence-corrected chi connectivity index (χ0v) is 11.4. The molecule has 94 valence electrons. The van der Waals surface area contributed by atoms with Gasteiger partial charge < -0.3 is 15.8 Å². The Morgan fingerprint density at radius 2 is 2.24 bits per heavy atom. The smallest absolute Gasteiger partial charge is 0.104 e. The minimum Gasteiger partial charge on any atom is -0.389 e. The highest BCUT2D eigenvalue weighted by molar-refractivity contribution is 7.80. The van der Waals surface area contributed by atoms with E-state index in [1.54, 1.807) is 7.11 Å². The summed E-state index contributed by atoms with van der Waals surface area (Å²) < 4.78 is 5.09. The highest BCUT2D eigenvalue weighted by atomic mass is 32.1. The summed E-state index contributed by atoms with van der Waals surface area (Å²) in [4.78, 5) is 0.446. The van der Waals surface area contributed by atoms with E-state index in [1.165, 1.54) is 0 Å². The number of thiocarbonyl (C=S) groups is 1. The summed E-state index contributed by atoms with van der Waals surface area (Å²) in [5.41, 5.74) is 8.75. The molecule has 0 amide bonds. The molecule has 1 aromatic carbocycles. The molecule has 1 rings (SSSR count). The van der Waals surface area contributed by atoms with Gasteiger partial charge in [0.05, 0.1) is 6.61 Å². The first kappa shape index (κ1) is 13.9. The average Bonchev–Trinajstić information content (AvgIpc) is 2.26. The largest absolute Gasteiger partial charge is 0.389 e. The topological polar surface area (TPSA) is 47.3 Å². The summed E-state index contributed by atoms with van der Waals surface area (Å²) in [5, 5.41) is 3.37. The van der Waals surface area contributed by atoms with Crippen LogP contribution in [-0.2, 0) is 4.74 Å². The fourth-order valence-corrected chi connectivity index (χ4v) is 1.91.